The molecule has 3 aromatic rings. The third kappa shape index (κ3) is 2.85. The van der Waals surface area contributed by atoms with Gasteiger partial charge in [0.1, 0.15) is 5.82 Å². The van der Waals surface area contributed by atoms with Crippen LogP contribution >= 0.6 is 11.3 Å². The summed E-state index contributed by atoms with van der Waals surface area (Å²) in [5, 5.41) is 2.99. The van der Waals surface area contributed by atoms with Crippen LogP contribution in [0.4, 0.5) is 11.5 Å². The Labute approximate surface area is 138 Å². The van der Waals surface area contributed by atoms with Crippen molar-refractivity contribution in [1.82, 2.24) is 4.98 Å². The molecule has 23 heavy (non-hydrogen) atoms. The molecule has 118 valence electrons. The predicted molar refractivity (Wildman–Crippen MR) is 96.1 cm³/mol. The van der Waals surface area contributed by atoms with Crippen LogP contribution in [0.1, 0.15) is 24.8 Å². The van der Waals surface area contributed by atoms with Gasteiger partial charge in [0, 0.05) is 34.0 Å². The van der Waals surface area contributed by atoms with Crippen molar-refractivity contribution in [3.63, 3.8) is 0 Å². The topological polar surface area (TPSA) is 108 Å². The van der Waals surface area contributed by atoms with Gasteiger partial charge in [-0.15, -0.1) is 11.3 Å². The monoisotopic (exact) mass is 326 g/mol. The molecule has 1 unspecified atom stereocenters. The van der Waals surface area contributed by atoms with E-state index in [1.165, 1.54) is 0 Å². The van der Waals surface area contributed by atoms with Gasteiger partial charge in [-0.1, -0.05) is 19.1 Å². The summed E-state index contributed by atoms with van der Waals surface area (Å²) in [5.74, 6) is 0.168. The number of anilines is 2. The number of carbonyl (C=O) groups excluding carboxylic acids is 1. The highest BCUT2D eigenvalue weighted by molar-refractivity contribution is 7.18. The number of amides is 1. The zero-order chi connectivity index (χ0) is 16.6. The van der Waals surface area contributed by atoms with E-state index in [2.05, 4.69) is 10.4 Å². The number of nitrogens with zero attached hydrogens (tertiary/aromatic N) is 1. The van der Waals surface area contributed by atoms with E-state index in [-0.39, 0.29) is 18.2 Å². The fourth-order valence-electron chi connectivity index (χ4n) is 2.72. The lowest BCUT2D eigenvalue weighted by Gasteiger charge is -2.12. The summed E-state index contributed by atoms with van der Waals surface area (Å²) >= 11 is 1.61. The van der Waals surface area contributed by atoms with Gasteiger partial charge < -0.3 is 17.2 Å². The number of nitrogen functional groups attached to an aromatic ring is 2. The van der Waals surface area contributed by atoms with E-state index in [1.54, 1.807) is 17.5 Å². The van der Waals surface area contributed by atoms with Crippen molar-refractivity contribution in [2.24, 2.45) is 5.73 Å². The lowest BCUT2D eigenvalue weighted by molar-refractivity contribution is -0.118. The largest absolute Gasteiger partial charge is 0.399 e. The molecule has 1 aromatic carbocycles. The minimum Gasteiger partial charge on any atom is -0.399 e. The van der Waals surface area contributed by atoms with Crippen LogP contribution < -0.4 is 17.2 Å². The first-order valence-corrected chi connectivity index (χ1v) is 8.15. The van der Waals surface area contributed by atoms with Crippen LogP contribution in [0.3, 0.4) is 0 Å². The number of fused-ring (bicyclic) bond motifs is 1. The Balaban J connectivity index is 2.16. The van der Waals surface area contributed by atoms with Gasteiger partial charge in [-0.25, -0.2) is 4.98 Å². The highest BCUT2D eigenvalue weighted by Gasteiger charge is 2.18. The summed E-state index contributed by atoms with van der Waals surface area (Å²) in [6.45, 7) is 1.97. The van der Waals surface area contributed by atoms with Crippen LogP contribution in [0.15, 0.2) is 35.8 Å². The minimum absolute atomic E-state index is 0.000942. The van der Waals surface area contributed by atoms with Gasteiger partial charge in [-0.2, -0.15) is 0 Å². The normalized spacial score (nSPS) is 12.4. The van der Waals surface area contributed by atoms with Crippen molar-refractivity contribution in [2.45, 2.75) is 19.3 Å². The number of thiophene rings is 1. The van der Waals surface area contributed by atoms with Gasteiger partial charge in [-0.3, -0.25) is 4.79 Å². The molecule has 0 saturated carbocycles. The highest BCUT2D eigenvalue weighted by atomic mass is 32.1. The molecule has 0 spiro atoms. The fourth-order valence-corrected chi connectivity index (χ4v) is 3.94. The van der Waals surface area contributed by atoms with Crippen molar-refractivity contribution >= 4 is 38.8 Å². The average Bonchev–Trinajstić information content (AvgIpc) is 2.93. The van der Waals surface area contributed by atoms with Crippen molar-refractivity contribution in [3.8, 4) is 11.1 Å². The molecule has 0 fully saturated rings. The number of aromatic nitrogens is 1. The number of carbonyl (C=O) groups is 1. The van der Waals surface area contributed by atoms with E-state index in [9.17, 15) is 4.79 Å². The number of hydrogen-bond acceptors (Lipinski definition) is 5. The van der Waals surface area contributed by atoms with Crippen LogP contribution in [-0.2, 0) is 4.79 Å². The minimum atomic E-state index is -0.321. The first kappa shape index (κ1) is 15.3. The molecule has 2 aromatic heterocycles. The van der Waals surface area contributed by atoms with Crippen LogP contribution in [0, 0.1) is 0 Å². The lowest BCUT2D eigenvalue weighted by atomic mass is 9.96. The number of nitrogens with two attached hydrogens (primary N) is 3. The molecule has 1 amide bonds. The molecule has 6 N–H and O–H groups in total. The Morgan fingerprint density at radius 1 is 1.26 bits per heavy atom. The van der Waals surface area contributed by atoms with Crippen LogP contribution in [0.2, 0.25) is 0 Å². The fraction of sp³-hybridized carbons (Fsp3) is 0.176. The second-order valence-electron chi connectivity index (χ2n) is 5.65. The zero-order valence-electron chi connectivity index (χ0n) is 12.7. The quantitative estimate of drug-likeness (QED) is 0.640. The second kappa shape index (κ2) is 5.89. The van der Waals surface area contributed by atoms with Gasteiger partial charge in [0.05, 0.1) is 0 Å². The summed E-state index contributed by atoms with van der Waals surface area (Å²) in [7, 11) is 0. The molecule has 0 saturated heterocycles. The summed E-state index contributed by atoms with van der Waals surface area (Å²) < 4.78 is 1.05. The van der Waals surface area contributed by atoms with Gasteiger partial charge in [0.15, 0.2) is 0 Å². The van der Waals surface area contributed by atoms with E-state index in [0.717, 1.165) is 32.5 Å². The molecule has 0 aliphatic rings. The molecular formula is C17H18N4OS. The molecule has 6 heteroatoms. The zero-order valence-corrected chi connectivity index (χ0v) is 13.6. The Morgan fingerprint density at radius 2 is 1.96 bits per heavy atom. The van der Waals surface area contributed by atoms with E-state index in [4.69, 9.17) is 17.2 Å². The SMILES string of the molecule is CC(CC(N)=O)c1cnc(N)c2c(-c3ccc(N)cc3)csc12. The Bertz CT molecular complexity index is 870. The maximum Gasteiger partial charge on any atom is 0.218 e. The molecule has 0 bridgehead atoms. The van der Waals surface area contributed by atoms with E-state index < -0.39 is 0 Å². The molecule has 0 radical (unpaired) electrons. The van der Waals surface area contributed by atoms with Crippen molar-refractivity contribution in [1.29, 1.82) is 0 Å². The number of rotatable bonds is 4. The Kier molecular flexibility index (Phi) is 3.92. The molecule has 1 atom stereocenters. The molecule has 0 aliphatic carbocycles. The average molecular weight is 326 g/mol. The van der Waals surface area contributed by atoms with Crippen molar-refractivity contribution in [3.05, 3.63) is 41.4 Å². The van der Waals surface area contributed by atoms with E-state index >= 15 is 0 Å². The molecule has 2 heterocycles. The Morgan fingerprint density at radius 3 is 2.61 bits per heavy atom. The molecular weight excluding hydrogens is 308 g/mol. The van der Waals surface area contributed by atoms with Gasteiger partial charge in [-0.05, 0) is 34.6 Å². The van der Waals surface area contributed by atoms with Gasteiger partial charge >= 0.3 is 0 Å². The first-order chi connectivity index (χ1) is 11.0. The number of hydrogen-bond donors (Lipinski definition) is 3. The van der Waals surface area contributed by atoms with Gasteiger partial charge in [0.25, 0.3) is 0 Å². The number of primary amides is 1. The van der Waals surface area contributed by atoms with Gasteiger partial charge in [0.2, 0.25) is 5.91 Å². The van der Waals surface area contributed by atoms with Crippen LogP contribution in [0.25, 0.3) is 21.2 Å². The molecule has 3 rings (SSSR count). The lowest BCUT2D eigenvalue weighted by Crippen LogP contribution is -2.14. The summed E-state index contributed by atoms with van der Waals surface area (Å²) in [6.07, 6.45) is 2.03. The maximum atomic E-state index is 11.2. The maximum absolute atomic E-state index is 11.2. The third-order valence-electron chi connectivity index (χ3n) is 3.91. The second-order valence-corrected chi connectivity index (χ2v) is 6.53. The smallest absolute Gasteiger partial charge is 0.218 e. The number of benzene rings is 1. The van der Waals surface area contributed by atoms with Crippen molar-refractivity contribution in [2.75, 3.05) is 11.5 Å². The van der Waals surface area contributed by atoms with Crippen LogP contribution in [0.5, 0.6) is 0 Å². The predicted octanol–water partition coefficient (Wildman–Crippen LogP) is 3.11. The summed E-state index contributed by atoms with van der Waals surface area (Å²) in [4.78, 5) is 15.5. The Hall–Kier alpha value is -2.60. The summed E-state index contributed by atoms with van der Waals surface area (Å²) in [5.41, 5.74) is 21.0. The van der Waals surface area contributed by atoms with E-state index in [0.29, 0.717) is 5.82 Å². The highest BCUT2D eigenvalue weighted by Crippen LogP contribution is 2.40. The van der Waals surface area contributed by atoms with E-state index in [1.807, 2.05) is 31.2 Å². The van der Waals surface area contributed by atoms with Crippen LogP contribution in [-0.4, -0.2) is 10.9 Å². The first-order valence-electron chi connectivity index (χ1n) is 7.27. The summed E-state index contributed by atoms with van der Waals surface area (Å²) in [6, 6.07) is 7.66. The molecule has 0 aliphatic heterocycles. The van der Waals surface area contributed by atoms with Crippen molar-refractivity contribution < 1.29 is 4.79 Å². The number of pyridine rings is 1. The third-order valence-corrected chi connectivity index (χ3v) is 4.94. The molecule has 5 nitrogen and oxygen atoms in total. The standard InChI is InChI=1S/C17H18N4OS/c1-9(6-14(19)22)12-7-21-17(20)15-13(8-23-16(12)15)10-2-4-11(18)5-3-10/h2-5,7-9H,6,18H2,1H3,(H2,19,22)(H2,20,21).